The van der Waals surface area contributed by atoms with Crippen LogP contribution in [0, 0.1) is 11.3 Å². The maximum atomic E-state index is 12.3. The van der Waals surface area contributed by atoms with Crippen LogP contribution in [0.15, 0.2) is 15.9 Å². The van der Waals surface area contributed by atoms with Gasteiger partial charge in [-0.3, -0.25) is 9.69 Å². The zero-order valence-electron chi connectivity index (χ0n) is 11.5. The quantitative estimate of drug-likeness (QED) is 0.833. The van der Waals surface area contributed by atoms with Gasteiger partial charge in [-0.15, -0.1) is 11.3 Å². The Morgan fingerprint density at radius 2 is 2.15 bits per heavy atom. The predicted molar refractivity (Wildman–Crippen MR) is 83.8 cm³/mol. The lowest BCUT2D eigenvalue weighted by Gasteiger charge is -2.36. The van der Waals surface area contributed by atoms with Crippen LogP contribution in [0.4, 0.5) is 0 Å². The summed E-state index contributed by atoms with van der Waals surface area (Å²) in [6, 6.07) is 6.13. The van der Waals surface area contributed by atoms with E-state index in [4.69, 9.17) is 0 Å². The standard InChI is InChI=1S/C14H18BrN3OS/c1-2-3-11(10-16)17-6-8-18(9-7-17)14(19)12-4-5-13(15)20-12/h4-5,11H,2-3,6-9H2,1H3. The van der Waals surface area contributed by atoms with E-state index in [9.17, 15) is 10.1 Å². The molecule has 0 spiro atoms. The van der Waals surface area contributed by atoms with Crippen molar-refractivity contribution < 1.29 is 4.79 Å². The Morgan fingerprint density at radius 1 is 1.45 bits per heavy atom. The molecule has 0 radical (unpaired) electrons. The van der Waals surface area contributed by atoms with Crippen LogP contribution in [-0.2, 0) is 0 Å². The van der Waals surface area contributed by atoms with Crippen molar-refractivity contribution >= 4 is 33.2 Å². The fraction of sp³-hybridized carbons (Fsp3) is 0.571. The first kappa shape index (κ1) is 15.5. The first-order valence-corrected chi connectivity index (χ1v) is 8.45. The van der Waals surface area contributed by atoms with Gasteiger partial charge in [0.2, 0.25) is 0 Å². The van der Waals surface area contributed by atoms with E-state index in [0.717, 1.165) is 34.6 Å². The van der Waals surface area contributed by atoms with Crippen molar-refractivity contribution in [3.05, 3.63) is 20.8 Å². The van der Waals surface area contributed by atoms with Crippen molar-refractivity contribution in [1.29, 1.82) is 5.26 Å². The molecule has 1 fully saturated rings. The summed E-state index contributed by atoms with van der Waals surface area (Å²) in [5.41, 5.74) is 0. The van der Waals surface area contributed by atoms with E-state index in [1.54, 1.807) is 0 Å². The van der Waals surface area contributed by atoms with Crippen LogP contribution in [0.2, 0.25) is 0 Å². The van der Waals surface area contributed by atoms with Gasteiger partial charge in [0.15, 0.2) is 0 Å². The van der Waals surface area contributed by atoms with Crippen LogP contribution in [0.25, 0.3) is 0 Å². The molecule has 1 aromatic heterocycles. The highest BCUT2D eigenvalue weighted by Gasteiger charge is 2.26. The third-order valence-corrected chi connectivity index (χ3v) is 5.15. The minimum atomic E-state index is -0.00636. The largest absolute Gasteiger partial charge is 0.335 e. The van der Waals surface area contributed by atoms with Gasteiger partial charge in [0, 0.05) is 26.2 Å². The van der Waals surface area contributed by atoms with E-state index in [1.165, 1.54) is 11.3 Å². The third kappa shape index (κ3) is 3.60. The Labute approximate surface area is 132 Å². The molecule has 1 saturated heterocycles. The Balaban J connectivity index is 1.91. The zero-order valence-corrected chi connectivity index (χ0v) is 13.9. The first-order valence-electron chi connectivity index (χ1n) is 6.84. The van der Waals surface area contributed by atoms with E-state index >= 15 is 0 Å². The molecule has 1 amide bonds. The van der Waals surface area contributed by atoms with Gasteiger partial charge in [-0.1, -0.05) is 13.3 Å². The number of rotatable bonds is 4. The highest BCUT2D eigenvalue weighted by atomic mass is 79.9. The molecule has 6 heteroatoms. The van der Waals surface area contributed by atoms with E-state index in [1.807, 2.05) is 17.0 Å². The van der Waals surface area contributed by atoms with Crippen molar-refractivity contribution in [2.75, 3.05) is 26.2 Å². The van der Waals surface area contributed by atoms with Crippen molar-refractivity contribution in [1.82, 2.24) is 9.80 Å². The number of halogens is 1. The lowest BCUT2D eigenvalue weighted by Crippen LogP contribution is -2.51. The second kappa shape index (κ2) is 7.21. The summed E-state index contributed by atoms with van der Waals surface area (Å²) >= 11 is 4.85. The number of piperazine rings is 1. The molecular weight excluding hydrogens is 338 g/mol. The van der Waals surface area contributed by atoms with Gasteiger partial charge in [-0.2, -0.15) is 5.26 Å². The lowest BCUT2D eigenvalue weighted by molar-refractivity contribution is 0.0606. The van der Waals surface area contributed by atoms with Gasteiger partial charge in [0.1, 0.15) is 0 Å². The Kier molecular flexibility index (Phi) is 5.58. The van der Waals surface area contributed by atoms with Crippen molar-refractivity contribution in [2.24, 2.45) is 0 Å². The van der Waals surface area contributed by atoms with Crippen LogP contribution in [0.5, 0.6) is 0 Å². The number of amides is 1. The average molecular weight is 356 g/mol. The minimum Gasteiger partial charge on any atom is -0.335 e. The van der Waals surface area contributed by atoms with Gasteiger partial charge in [-0.05, 0) is 34.5 Å². The minimum absolute atomic E-state index is 0.00636. The van der Waals surface area contributed by atoms with Gasteiger partial charge < -0.3 is 4.90 Å². The van der Waals surface area contributed by atoms with E-state index in [0.29, 0.717) is 13.1 Å². The van der Waals surface area contributed by atoms with Crippen LogP contribution in [-0.4, -0.2) is 47.9 Å². The van der Waals surface area contributed by atoms with Gasteiger partial charge in [0.25, 0.3) is 5.91 Å². The molecule has 2 heterocycles. The van der Waals surface area contributed by atoms with Crippen LogP contribution in [0.3, 0.4) is 0 Å². The molecule has 108 valence electrons. The second-order valence-electron chi connectivity index (χ2n) is 4.87. The van der Waals surface area contributed by atoms with E-state index in [-0.39, 0.29) is 11.9 Å². The molecule has 1 atom stereocenters. The van der Waals surface area contributed by atoms with Crippen LogP contribution in [0.1, 0.15) is 29.4 Å². The first-order chi connectivity index (χ1) is 9.65. The molecule has 0 aromatic carbocycles. The smallest absolute Gasteiger partial charge is 0.264 e. The molecule has 0 N–H and O–H groups in total. The van der Waals surface area contributed by atoms with Crippen LogP contribution >= 0.6 is 27.3 Å². The van der Waals surface area contributed by atoms with E-state index in [2.05, 4.69) is 33.8 Å². The molecular formula is C14H18BrN3OS. The van der Waals surface area contributed by atoms with Crippen molar-refractivity contribution in [3.8, 4) is 6.07 Å². The fourth-order valence-electron chi connectivity index (χ4n) is 2.42. The molecule has 0 bridgehead atoms. The maximum absolute atomic E-state index is 12.3. The molecule has 0 saturated carbocycles. The number of nitriles is 1. The summed E-state index contributed by atoms with van der Waals surface area (Å²) in [5.74, 6) is 0.101. The number of nitrogens with zero attached hydrogens (tertiary/aromatic N) is 3. The number of carbonyl (C=O) groups is 1. The predicted octanol–water partition coefficient (Wildman–Crippen LogP) is 2.96. The fourth-order valence-corrected chi connectivity index (χ4v) is 3.78. The molecule has 4 nitrogen and oxygen atoms in total. The summed E-state index contributed by atoms with van der Waals surface area (Å²) < 4.78 is 0.979. The van der Waals surface area contributed by atoms with Gasteiger partial charge in [0.05, 0.1) is 20.8 Å². The summed E-state index contributed by atoms with van der Waals surface area (Å²) in [5, 5.41) is 9.19. The van der Waals surface area contributed by atoms with Crippen molar-refractivity contribution in [3.63, 3.8) is 0 Å². The normalized spacial score (nSPS) is 17.8. The van der Waals surface area contributed by atoms with Crippen LogP contribution < -0.4 is 0 Å². The molecule has 2 rings (SSSR count). The Bertz CT molecular complexity index is 503. The zero-order chi connectivity index (χ0) is 14.5. The molecule has 1 aliphatic heterocycles. The second-order valence-corrected chi connectivity index (χ2v) is 7.33. The van der Waals surface area contributed by atoms with E-state index < -0.39 is 0 Å². The number of hydrogen-bond acceptors (Lipinski definition) is 4. The van der Waals surface area contributed by atoms with Gasteiger partial charge >= 0.3 is 0 Å². The molecule has 1 unspecified atom stereocenters. The number of carbonyl (C=O) groups excluding carboxylic acids is 1. The molecule has 1 aliphatic rings. The maximum Gasteiger partial charge on any atom is 0.264 e. The molecule has 1 aromatic rings. The molecule has 20 heavy (non-hydrogen) atoms. The topological polar surface area (TPSA) is 47.3 Å². The summed E-state index contributed by atoms with van der Waals surface area (Å²) in [7, 11) is 0. The summed E-state index contributed by atoms with van der Waals surface area (Å²) in [4.78, 5) is 17.2. The third-order valence-electron chi connectivity index (χ3n) is 3.54. The monoisotopic (exact) mass is 355 g/mol. The number of thiophene rings is 1. The summed E-state index contributed by atoms with van der Waals surface area (Å²) in [6.07, 6.45) is 1.92. The van der Waals surface area contributed by atoms with Gasteiger partial charge in [-0.25, -0.2) is 0 Å². The lowest BCUT2D eigenvalue weighted by atomic mass is 10.1. The SMILES string of the molecule is CCCC(C#N)N1CCN(C(=O)c2ccc(Br)s2)CC1. The number of hydrogen-bond donors (Lipinski definition) is 0. The average Bonchev–Trinajstić information content (AvgIpc) is 2.91. The summed E-state index contributed by atoms with van der Waals surface area (Å²) in [6.45, 7) is 5.08. The van der Waals surface area contributed by atoms with Crippen molar-refractivity contribution in [2.45, 2.75) is 25.8 Å². The molecule has 0 aliphatic carbocycles. The highest BCUT2D eigenvalue weighted by Crippen LogP contribution is 2.24. The Morgan fingerprint density at radius 3 is 2.65 bits per heavy atom. The Hall–Kier alpha value is -0.900. The highest BCUT2D eigenvalue weighted by molar-refractivity contribution is 9.11.